The van der Waals surface area contributed by atoms with Crippen LogP contribution in [-0.2, 0) is 14.3 Å². The van der Waals surface area contributed by atoms with Gasteiger partial charge < -0.3 is 20.1 Å². The molecule has 1 aliphatic carbocycles. The number of carbonyl (C=O) groups excluding carboxylic acids is 2. The zero-order valence-electron chi connectivity index (χ0n) is 19.6. The van der Waals surface area contributed by atoms with Crippen molar-refractivity contribution in [2.45, 2.75) is 46.1 Å². The second-order valence-electron chi connectivity index (χ2n) is 9.33. The maximum absolute atomic E-state index is 13.1. The number of carboxylic acid groups (broad SMARTS) is 1. The molecule has 0 bridgehead atoms. The average Bonchev–Trinajstić information content (AvgIpc) is 3.09. The summed E-state index contributed by atoms with van der Waals surface area (Å²) in [6.07, 6.45) is -0.819. The van der Waals surface area contributed by atoms with Gasteiger partial charge in [0.25, 0.3) is 0 Å². The van der Waals surface area contributed by atoms with Crippen LogP contribution in [0.25, 0.3) is 11.1 Å². The lowest BCUT2D eigenvalue weighted by Gasteiger charge is -2.34. The van der Waals surface area contributed by atoms with Crippen LogP contribution in [0.4, 0.5) is 4.79 Å². The van der Waals surface area contributed by atoms with Crippen molar-refractivity contribution in [2.75, 3.05) is 19.7 Å². The molecule has 0 unspecified atom stereocenters. The molecule has 0 aliphatic heterocycles. The SMILES string of the molecule is CCN(CCC(=O)O)C(=O)[C@H](NC(=O)OCC1c2ccccc2-c2ccccc21)C(C)(C)C. The molecule has 2 aromatic carbocycles. The monoisotopic (exact) mass is 452 g/mol. The number of rotatable bonds is 8. The third-order valence-electron chi connectivity index (χ3n) is 6.01. The number of amides is 2. The minimum atomic E-state index is -0.974. The zero-order chi connectivity index (χ0) is 24.2. The highest BCUT2D eigenvalue weighted by Crippen LogP contribution is 2.44. The quantitative estimate of drug-likeness (QED) is 0.624. The van der Waals surface area contributed by atoms with Crippen LogP contribution in [0.15, 0.2) is 48.5 Å². The summed E-state index contributed by atoms with van der Waals surface area (Å²) in [7, 11) is 0. The summed E-state index contributed by atoms with van der Waals surface area (Å²) in [5.41, 5.74) is 3.92. The Morgan fingerprint density at radius 1 is 1.03 bits per heavy atom. The molecule has 0 spiro atoms. The molecule has 2 N–H and O–H groups in total. The minimum Gasteiger partial charge on any atom is -0.481 e. The number of ether oxygens (including phenoxy) is 1. The predicted molar refractivity (Wildman–Crippen MR) is 126 cm³/mol. The van der Waals surface area contributed by atoms with E-state index in [4.69, 9.17) is 9.84 Å². The Balaban J connectivity index is 1.70. The molecule has 33 heavy (non-hydrogen) atoms. The number of benzene rings is 2. The zero-order valence-corrected chi connectivity index (χ0v) is 19.6. The normalized spacial score (nSPS) is 13.6. The van der Waals surface area contributed by atoms with E-state index in [1.54, 1.807) is 6.92 Å². The van der Waals surface area contributed by atoms with Gasteiger partial charge in [0.2, 0.25) is 5.91 Å². The first kappa shape index (κ1) is 24.3. The first-order valence-electron chi connectivity index (χ1n) is 11.3. The van der Waals surface area contributed by atoms with Gasteiger partial charge in [-0.15, -0.1) is 0 Å². The van der Waals surface area contributed by atoms with E-state index in [9.17, 15) is 14.4 Å². The fraction of sp³-hybridized carbons (Fsp3) is 0.423. The number of alkyl carbamates (subject to hydrolysis) is 1. The largest absolute Gasteiger partial charge is 0.481 e. The van der Waals surface area contributed by atoms with Crippen molar-refractivity contribution in [3.8, 4) is 11.1 Å². The Labute approximate surface area is 194 Å². The Bertz CT molecular complexity index is 982. The van der Waals surface area contributed by atoms with Gasteiger partial charge in [-0.3, -0.25) is 9.59 Å². The van der Waals surface area contributed by atoms with Gasteiger partial charge in [-0.1, -0.05) is 69.3 Å². The topological polar surface area (TPSA) is 95.9 Å². The molecule has 2 amide bonds. The molecule has 7 nitrogen and oxygen atoms in total. The Kier molecular flexibility index (Phi) is 7.41. The van der Waals surface area contributed by atoms with Crippen molar-refractivity contribution in [2.24, 2.45) is 5.41 Å². The molecular weight excluding hydrogens is 420 g/mol. The number of hydrogen-bond donors (Lipinski definition) is 2. The molecule has 0 radical (unpaired) electrons. The summed E-state index contributed by atoms with van der Waals surface area (Å²) < 4.78 is 5.61. The number of aliphatic carboxylic acids is 1. The molecular formula is C26H32N2O5. The van der Waals surface area contributed by atoms with Gasteiger partial charge in [-0.2, -0.15) is 0 Å². The van der Waals surface area contributed by atoms with Gasteiger partial charge in [0.1, 0.15) is 12.6 Å². The predicted octanol–water partition coefficient (Wildman–Crippen LogP) is 4.26. The van der Waals surface area contributed by atoms with E-state index >= 15 is 0 Å². The lowest BCUT2D eigenvalue weighted by molar-refractivity contribution is -0.139. The Morgan fingerprint density at radius 3 is 2.06 bits per heavy atom. The van der Waals surface area contributed by atoms with Crippen molar-refractivity contribution in [1.29, 1.82) is 0 Å². The average molecular weight is 453 g/mol. The highest BCUT2D eigenvalue weighted by atomic mass is 16.5. The molecule has 2 aromatic rings. The fourth-order valence-corrected chi connectivity index (χ4v) is 4.24. The van der Waals surface area contributed by atoms with E-state index in [0.717, 1.165) is 22.3 Å². The van der Waals surface area contributed by atoms with E-state index in [1.807, 2.05) is 57.2 Å². The number of nitrogens with zero attached hydrogens (tertiary/aromatic N) is 1. The number of nitrogens with one attached hydrogen (secondary N) is 1. The van der Waals surface area contributed by atoms with Crippen LogP contribution >= 0.6 is 0 Å². The van der Waals surface area contributed by atoms with Crippen molar-refractivity contribution in [3.05, 3.63) is 59.7 Å². The van der Waals surface area contributed by atoms with Crippen LogP contribution in [0.2, 0.25) is 0 Å². The summed E-state index contributed by atoms with van der Waals surface area (Å²) in [5.74, 6) is -1.37. The second kappa shape index (κ2) is 10.1. The van der Waals surface area contributed by atoms with Crippen molar-refractivity contribution in [3.63, 3.8) is 0 Å². The summed E-state index contributed by atoms with van der Waals surface area (Å²) >= 11 is 0. The molecule has 7 heteroatoms. The number of carboxylic acids is 1. The number of hydrogen-bond acceptors (Lipinski definition) is 4. The van der Waals surface area contributed by atoms with Gasteiger partial charge in [0.05, 0.1) is 6.42 Å². The number of fused-ring (bicyclic) bond motifs is 3. The Morgan fingerprint density at radius 2 is 1.58 bits per heavy atom. The Hall–Kier alpha value is -3.35. The third kappa shape index (κ3) is 5.53. The van der Waals surface area contributed by atoms with Crippen LogP contribution in [0.5, 0.6) is 0 Å². The van der Waals surface area contributed by atoms with Crippen LogP contribution in [0, 0.1) is 5.41 Å². The molecule has 0 heterocycles. The van der Waals surface area contributed by atoms with Gasteiger partial charge in [-0.05, 0) is 34.6 Å². The minimum absolute atomic E-state index is 0.0744. The number of likely N-dealkylation sites (N-methyl/N-ethyl adjacent to an activating group) is 1. The van der Waals surface area contributed by atoms with Crippen LogP contribution in [-0.4, -0.2) is 53.7 Å². The fourth-order valence-electron chi connectivity index (χ4n) is 4.24. The second-order valence-corrected chi connectivity index (χ2v) is 9.33. The summed E-state index contributed by atoms with van der Waals surface area (Å²) in [4.78, 5) is 38.3. The maximum atomic E-state index is 13.1. The highest BCUT2D eigenvalue weighted by molar-refractivity contribution is 5.87. The third-order valence-corrected chi connectivity index (χ3v) is 6.01. The molecule has 176 valence electrons. The van der Waals surface area contributed by atoms with Crippen LogP contribution in [0.1, 0.15) is 51.2 Å². The molecule has 1 aliphatic rings. The van der Waals surface area contributed by atoms with E-state index in [2.05, 4.69) is 17.4 Å². The van der Waals surface area contributed by atoms with E-state index in [-0.39, 0.29) is 31.4 Å². The summed E-state index contributed by atoms with van der Waals surface area (Å²) in [6.45, 7) is 7.93. The van der Waals surface area contributed by atoms with Crippen LogP contribution in [0.3, 0.4) is 0 Å². The number of carbonyl (C=O) groups is 3. The molecule has 1 atom stereocenters. The van der Waals surface area contributed by atoms with Crippen LogP contribution < -0.4 is 5.32 Å². The summed E-state index contributed by atoms with van der Waals surface area (Å²) in [6, 6.07) is 15.3. The lowest BCUT2D eigenvalue weighted by Crippen LogP contribution is -2.55. The van der Waals surface area contributed by atoms with Crippen molar-refractivity contribution >= 4 is 18.0 Å². The molecule has 3 rings (SSSR count). The standard InChI is InChI=1S/C26H32N2O5/c1-5-28(15-14-22(29)30)24(31)23(26(2,3)4)27-25(32)33-16-21-19-12-8-6-10-17(19)18-11-7-9-13-20(18)21/h6-13,21,23H,5,14-16H2,1-4H3,(H,27,32)(H,29,30)/t23-/m0/s1. The molecule has 0 saturated carbocycles. The van der Waals surface area contributed by atoms with E-state index in [0.29, 0.717) is 6.54 Å². The lowest BCUT2D eigenvalue weighted by atomic mass is 9.86. The van der Waals surface area contributed by atoms with Crippen molar-refractivity contribution < 1.29 is 24.2 Å². The first-order valence-corrected chi connectivity index (χ1v) is 11.3. The first-order chi connectivity index (χ1) is 15.6. The molecule has 0 saturated heterocycles. The molecule has 0 aromatic heterocycles. The molecule has 0 fully saturated rings. The summed E-state index contributed by atoms with van der Waals surface area (Å²) in [5, 5.41) is 11.7. The van der Waals surface area contributed by atoms with E-state index in [1.165, 1.54) is 4.90 Å². The highest BCUT2D eigenvalue weighted by Gasteiger charge is 2.36. The maximum Gasteiger partial charge on any atom is 0.407 e. The smallest absolute Gasteiger partial charge is 0.407 e. The van der Waals surface area contributed by atoms with Crippen molar-refractivity contribution in [1.82, 2.24) is 10.2 Å². The van der Waals surface area contributed by atoms with E-state index < -0.39 is 23.5 Å². The van der Waals surface area contributed by atoms with Gasteiger partial charge in [0.15, 0.2) is 0 Å². The van der Waals surface area contributed by atoms with Gasteiger partial charge in [-0.25, -0.2) is 4.79 Å². The van der Waals surface area contributed by atoms with Gasteiger partial charge in [0, 0.05) is 19.0 Å². The van der Waals surface area contributed by atoms with Gasteiger partial charge >= 0.3 is 12.1 Å².